The molecule has 0 aliphatic carbocycles. The van der Waals surface area contributed by atoms with Crippen molar-refractivity contribution >= 4 is 39.2 Å². The largest absolute Gasteiger partial charge is 0.462 e. The van der Waals surface area contributed by atoms with Crippen LogP contribution in [0.3, 0.4) is 0 Å². The summed E-state index contributed by atoms with van der Waals surface area (Å²) in [6, 6.07) is 11.3. The number of sulfonamides is 1. The molecule has 1 N–H and O–H groups in total. The van der Waals surface area contributed by atoms with Gasteiger partial charge >= 0.3 is 5.97 Å². The van der Waals surface area contributed by atoms with Crippen LogP contribution in [0.25, 0.3) is 0 Å². The molecule has 7 nitrogen and oxygen atoms in total. The van der Waals surface area contributed by atoms with Gasteiger partial charge in [-0.1, -0.05) is 11.6 Å². The van der Waals surface area contributed by atoms with Crippen LogP contribution in [0.4, 0.5) is 5.69 Å². The Bertz CT molecular complexity index is 991. The monoisotopic (exact) mass is 436 g/mol. The van der Waals surface area contributed by atoms with E-state index < -0.39 is 27.9 Å². The number of halogens is 1. The number of carbonyl (C=O) groups is 2. The molecule has 1 aliphatic heterocycles. The van der Waals surface area contributed by atoms with E-state index in [2.05, 4.69) is 5.32 Å². The molecule has 1 aliphatic rings. The van der Waals surface area contributed by atoms with Gasteiger partial charge < -0.3 is 10.1 Å². The number of nitrogens with one attached hydrogen (secondary N) is 1. The van der Waals surface area contributed by atoms with Gasteiger partial charge in [0, 0.05) is 17.3 Å². The Morgan fingerprint density at radius 1 is 1.14 bits per heavy atom. The van der Waals surface area contributed by atoms with Gasteiger partial charge in [0.1, 0.15) is 6.04 Å². The van der Waals surface area contributed by atoms with Crippen molar-refractivity contribution in [3.8, 4) is 0 Å². The van der Waals surface area contributed by atoms with Crippen molar-refractivity contribution in [2.45, 2.75) is 30.7 Å². The molecule has 1 heterocycles. The van der Waals surface area contributed by atoms with Crippen LogP contribution in [0.2, 0.25) is 5.02 Å². The first-order chi connectivity index (χ1) is 13.8. The van der Waals surface area contributed by atoms with Gasteiger partial charge in [-0.15, -0.1) is 0 Å². The predicted octanol–water partition coefficient (Wildman–Crippen LogP) is 3.31. The van der Waals surface area contributed by atoms with Crippen LogP contribution in [-0.4, -0.2) is 43.8 Å². The van der Waals surface area contributed by atoms with E-state index in [1.54, 1.807) is 31.2 Å². The van der Waals surface area contributed by atoms with Crippen LogP contribution in [0.15, 0.2) is 53.4 Å². The van der Waals surface area contributed by atoms with Crippen molar-refractivity contribution in [1.29, 1.82) is 0 Å². The second-order valence-electron chi connectivity index (χ2n) is 6.51. The SMILES string of the molecule is CCOC(=O)c1ccc(NC(=O)[C@H]2CCCN2S(=O)(=O)c2ccc(Cl)cc2)cc1. The Morgan fingerprint density at radius 2 is 1.79 bits per heavy atom. The molecular formula is C20H21ClN2O5S. The zero-order valence-corrected chi connectivity index (χ0v) is 17.4. The van der Waals surface area contributed by atoms with E-state index in [0.717, 1.165) is 0 Å². The van der Waals surface area contributed by atoms with Crippen molar-refractivity contribution in [1.82, 2.24) is 4.31 Å². The molecule has 0 bridgehead atoms. The predicted molar refractivity (Wildman–Crippen MR) is 109 cm³/mol. The molecular weight excluding hydrogens is 416 g/mol. The molecule has 29 heavy (non-hydrogen) atoms. The maximum atomic E-state index is 12.9. The lowest BCUT2D eigenvalue weighted by atomic mass is 10.2. The van der Waals surface area contributed by atoms with Gasteiger partial charge in [0.15, 0.2) is 0 Å². The average molecular weight is 437 g/mol. The van der Waals surface area contributed by atoms with Gasteiger partial charge in [-0.25, -0.2) is 13.2 Å². The first-order valence-corrected chi connectivity index (χ1v) is 11.0. The van der Waals surface area contributed by atoms with Gasteiger partial charge in [0.25, 0.3) is 0 Å². The molecule has 0 aromatic heterocycles. The molecule has 9 heteroatoms. The van der Waals surface area contributed by atoms with Gasteiger partial charge in [0.05, 0.1) is 17.1 Å². The molecule has 0 saturated carbocycles. The number of hydrogen-bond acceptors (Lipinski definition) is 5. The van der Waals surface area contributed by atoms with Crippen LogP contribution >= 0.6 is 11.6 Å². The molecule has 2 aromatic rings. The molecule has 1 fully saturated rings. The molecule has 1 amide bonds. The van der Waals surface area contributed by atoms with Crippen LogP contribution < -0.4 is 5.32 Å². The topological polar surface area (TPSA) is 92.8 Å². The minimum absolute atomic E-state index is 0.0976. The van der Waals surface area contributed by atoms with E-state index in [1.165, 1.54) is 28.6 Å². The van der Waals surface area contributed by atoms with E-state index in [4.69, 9.17) is 16.3 Å². The second kappa shape index (κ2) is 8.94. The Kier molecular flexibility index (Phi) is 6.56. The average Bonchev–Trinajstić information content (AvgIpc) is 3.20. The Labute approximate surface area is 174 Å². The molecule has 0 spiro atoms. The van der Waals surface area contributed by atoms with Crippen molar-refractivity contribution in [3.63, 3.8) is 0 Å². The second-order valence-corrected chi connectivity index (χ2v) is 8.84. The summed E-state index contributed by atoms with van der Waals surface area (Å²) in [7, 11) is -3.81. The van der Waals surface area contributed by atoms with Crippen LogP contribution in [-0.2, 0) is 19.6 Å². The fourth-order valence-electron chi connectivity index (χ4n) is 3.16. The molecule has 0 radical (unpaired) electrons. The third-order valence-corrected chi connectivity index (χ3v) is 6.76. The van der Waals surface area contributed by atoms with E-state index >= 15 is 0 Å². The summed E-state index contributed by atoms with van der Waals surface area (Å²) in [5, 5.41) is 3.16. The lowest BCUT2D eigenvalue weighted by Gasteiger charge is -2.23. The fraction of sp³-hybridized carbons (Fsp3) is 0.300. The maximum Gasteiger partial charge on any atom is 0.338 e. The summed E-state index contributed by atoms with van der Waals surface area (Å²) in [6.07, 6.45) is 1.02. The smallest absolute Gasteiger partial charge is 0.338 e. The number of benzene rings is 2. The minimum Gasteiger partial charge on any atom is -0.462 e. The maximum absolute atomic E-state index is 12.9. The van der Waals surface area contributed by atoms with Crippen molar-refractivity contribution in [2.75, 3.05) is 18.5 Å². The van der Waals surface area contributed by atoms with Gasteiger partial charge in [-0.2, -0.15) is 4.31 Å². The van der Waals surface area contributed by atoms with Crippen LogP contribution in [0.5, 0.6) is 0 Å². The van der Waals surface area contributed by atoms with Crippen LogP contribution in [0, 0.1) is 0 Å². The fourth-order valence-corrected chi connectivity index (χ4v) is 4.94. The third kappa shape index (κ3) is 4.77. The number of anilines is 1. The van der Waals surface area contributed by atoms with E-state index in [0.29, 0.717) is 29.1 Å². The summed E-state index contributed by atoms with van der Waals surface area (Å²) in [5.41, 5.74) is 0.844. The number of rotatable bonds is 6. The number of nitrogens with zero attached hydrogens (tertiary/aromatic N) is 1. The zero-order valence-electron chi connectivity index (χ0n) is 15.8. The molecule has 0 unspecified atom stereocenters. The number of carbonyl (C=O) groups excluding carboxylic acids is 2. The lowest BCUT2D eigenvalue weighted by Crippen LogP contribution is -2.43. The summed E-state index contributed by atoms with van der Waals surface area (Å²) < 4.78 is 32.0. The first kappa shape index (κ1) is 21.3. The standard InChI is InChI=1S/C20H21ClN2O5S/c1-2-28-20(25)14-5-9-16(10-6-14)22-19(24)18-4-3-13-23(18)29(26,27)17-11-7-15(21)8-12-17/h5-12,18H,2-4,13H2,1H3,(H,22,24)/t18-/m1/s1. The van der Waals surface area contributed by atoms with Crippen molar-refractivity contribution in [3.05, 3.63) is 59.1 Å². The highest BCUT2D eigenvalue weighted by Crippen LogP contribution is 2.27. The number of ether oxygens (including phenoxy) is 1. The van der Waals surface area contributed by atoms with E-state index in [9.17, 15) is 18.0 Å². The molecule has 3 rings (SSSR count). The molecule has 2 aromatic carbocycles. The Hall–Kier alpha value is -2.42. The zero-order chi connectivity index (χ0) is 21.0. The van der Waals surface area contributed by atoms with E-state index in [-0.39, 0.29) is 18.0 Å². The summed E-state index contributed by atoms with van der Waals surface area (Å²) in [5.74, 6) is -0.856. The highest BCUT2D eigenvalue weighted by molar-refractivity contribution is 7.89. The first-order valence-electron chi connectivity index (χ1n) is 9.18. The van der Waals surface area contributed by atoms with Gasteiger partial charge in [0.2, 0.25) is 15.9 Å². The van der Waals surface area contributed by atoms with Gasteiger partial charge in [-0.3, -0.25) is 4.79 Å². The molecule has 1 saturated heterocycles. The minimum atomic E-state index is -3.81. The Balaban J connectivity index is 1.73. The molecule has 1 atom stereocenters. The molecule has 154 valence electrons. The highest BCUT2D eigenvalue weighted by atomic mass is 35.5. The lowest BCUT2D eigenvalue weighted by molar-refractivity contribution is -0.119. The summed E-state index contributed by atoms with van der Waals surface area (Å²) in [4.78, 5) is 24.6. The summed E-state index contributed by atoms with van der Waals surface area (Å²) in [6.45, 7) is 2.26. The number of amides is 1. The van der Waals surface area contributed by atoms with Crippen LogP contribution in [0.1, 0.15) is 30.1 Å². The third-order valence-electron chi connectivity index (χ3n) is 4.59. The van der Waals surface area contributed by atoms with Gasteiger partial charge in [-0.05, 0) is 68.3 Å². The number of hydrogen-bond donors (Lipinski definition) is 1. The van der Waals surface area contributed by atoms with Crippen molar-refractivity contribution in [2.24, 2.45) is 0 Å². The normalized spacial score (nSPS) is 17.1. The highest BCUT2D eigenvalue weighted by Gasteiger charge is 2.39. The number of esters is 1. The summed E-state index contributed by atoms with van der Waals surface area (Å²) >= 11 is 5.84. The van der Waals surface area contributed by atoms with Crippen molar-refractivity contribution < 1.29 is 22.7 Å². The Morgan fingerprint density at radius 3 is 2.41 bits per heavy atom. The quantitative estimate of drug-likeness (QED) is 0.701. The van der Waals surface area contributed by atoms with E-state index in [1.807, 2.05) is 0 Å².